The molecule has 0 aliphatic carbocycles. The molecule has 2 rings (SSSR count). The number of nitrogens with zero attached hydrogens (tertiary/aromatic N) is 2. The van der Waals surface area contributed by atoms with Crippen LogP contribution in [0.25, 0.3) is 0 Å². The summed E-state index contributed by atoms with van der Waals surface area (Å²) in [5.41, 5.74) is 0. The van der Waals surface area contributed by atoms with Gasteiger partial charge in [-0.15, -0.1) is 0 Å². The van der Waals surface area contributed by atoms with Gasteiger partial charge in [0.25, 0.3) is 0 Å². The lowest BCUT2D eigenvalue weighted by Crippen LogP contribution is -2.36. The van der Waals surface area contributed by atoms with Crippen LogP contribution in [0.5, 0.6) is 5.75 Å². The molecule has 0 unspecified atom stereocenters. The summed E-state index contributed by atoms with van der Waals surface area (Å²) in [5, 5.41) is 0. The van der Waals surface area contributed by atoms with Crippen molar-refractivity contribution in [2.24, 2.45) is 0 Å². The van der Waals surface area contributed by atoms with Crippen molar-refractivity contribution in [3.05, 3.63) is 30.3 Å². The zero-order chi connectivity index (χ0) is 12.1. The molecule has 1 aromatic carbocycles. The summed E-state index contributed by atoms with van der Waals surface area (Å²) in [7, 11) is 2.08. The highest BCUT2D eigenvalue weighted by atomic mass is 16.6. The van der Waals surface area contributed by atoms with Gasteiger partial charge in [-0.1, -0.05) is 18.2 Å². The molecule has 1 amide bonds. The van der Waals surface area contributed by atoms with Crippen LogP contribution >= 0.6 is 0 Å². The summed E-state index contributed by atoms with van der Waals surface area (Å²) in [5.74, 6) is 0.607. The lowest BCUT2D eigenvalue weighted by Gasteiger charge is -2.19. The van der Waals surface area contributed by atoms with E-state index < -0.39 is 0 Å². The van der Waals surface area contributed by atoms with Gasteiger partial charge in [0, 0.05) is 19.6 Å². The van der Waals surface area contributed by atoms with E-state index in [4.69, 9.17) is 4.74 Å². The predicted molar refractivity (Wildman–Crippen MR) is 66.2 cm³/mol. The first-order valence-electron chi connectivity index (χ1n) is 5.96. The van der Waals surface area contributed by atoms with Crippen LogP contribution in [-0.2, 0) is 0 Å². The van der Waals surface area contributed by atoms with Crippen molar-refractivity contribution < 1.29 is 9.53 Å². The first kappa shape index (κ1) is 11.9. The number of ether oxygens (including phenoxy) is 1. The topological polar surface area (TPSA) is 32.8 Å². The highest BCUT2D eigenvalue weighted by Crippen LogP contribution is 2.11. The Balaban J connectivity index is 1.91. The zero-order valence-corrected chi connectivity index (χ0v) is 10.1. The molecule has 1 saturated heterocycles. The Morgan fingerprint density at radius 2 is 1.88 bits per heavy atom. The van der Waals surface area contributed by atoms with Gasteiger partial charge in [-0.3, -0.25) is 0 Å². The van der Waals surface area contributed by atoms with Gasteiger partial charge in [0.15, 0.2) is 0 Å². The minimum Gasteiger partial charge on any atom is -0.410 e. The van der Waals surface area contributed by atoms with Crippen molar-refractivity contribution in [2.45, 2.75) is 6.42 Å². The van der Waals surface area contributed by atoms with Gasteiger partial charge >= 0.3 is 6.09 Å². The van der Waals surface area contributed by atoms with Crippen molar-refractivity contribution in [2.75, 3.05) is 33.2 Å². The molecule has 1 aromatic rings. The van der Waals surface area contributed by atoms with Crippen molar-refractivity contribution in [3.8, 4) is 5.75 Å². The lowest BCUT2D eigenvalue weighted by molar-refractivity contribution is 0.154. The van der Waals surface area contributed by atoms with E-state index in [1.54, 1.807) is 17.0 Å². The van der Waals surface area contributed by atoms with Crippen LogP contribution in [0, 0.1) is 0 Å². The van der Waals surface area contributed by atoms with E-state index in [9.17, 15) is 4.79 Å². The molecule has 1 fully saturated rings. The summed E-state index contributed by atoms with van der Waals surface area (Å²) >= 11 is 0. The highest BCUT2D eigenvalue weighted by Gasteiger charge is 2.18. The largest absolute Gasteiger partial charge is 0.415 e. The molecule has 92 valence electrons. The van der Waals surface area contributed by atoms with Gasteiger partial charge in [0.1, 0.15) is 5.75 Å². The van der Waals surface area contributed by atoms with Gasteiger partial charge in [-0.2, -0.15) is 0 Å². The maximum atomic E-state index is 11.9. The molecule has 1 aliphatic rings. The van der Waals surface area contributed by atoms with E-state index in [2.05, 4.69) is 11.9 Å². The van der Waals surface area contributed by atoms with Crippen LogP contribution in [0.2, 0.25) is 0 Å². The predicted octanol–water partition coefficient (Wildman–Crippen LogP) is 1.82. The zero-order valence-electron chi connectivity index (χ0n) is 10.1. The summed E-state index contributed by atoms with van der Waals surface area (Å²) < 4.78 is 5.31. The molecule has 0 bridgehead atoms. The average Bonchev–Trinajstić information content (AvgIpc) is 2.55. The van der Waals surface area contributed by atoms with Crippen LogP contribution in [0.4, 0.5) is 4.79 Å². The monoisotopic (exact) mass is 234 g/mol. The van der Waals surface area contributed by atoms with Gasteiger partial charge in [-0.25, -0.2) is 4.79 Å². The van der Waals surface area contributed by atoms with Crippen molar-refractivity contribution >= 4 is 6.09 Å². The van der Waals surface area contributed by atoms with Crippen LogP contribution in [-0.4, -0.2) is 49.1 Å². The lowest BCUT2D eigenvalue weighted by atomic mass is 10.3. The summed E-state index contributed by atoms with van der Waals surface area (Å²) in [4.78, 5) is 15.9. The molecule has 0 N–H and O–H groups in total. The molecular weight excluding hydrogens is 216 g/mol. The molecule has 1 aliphatic heterocycles. The smallest absolute Gasteiger partial charge is 0.410 e. The van der Waals surface area contributed by atoms with Crippen LogP contribution < -0.4 is 4.74 Å². The quantitative estimate of drug-likeness (QED) is 0.743. The number of hydrogen-bond acceptors (Lipinski definition) is 3. The second kappa shape index (κ2) is 5.68. The molecule has 1 heterocycles. The van der Waals surface area contributed by atoms with Crippen LogP contribution in [0.3, 0.4) is 0 Å². The number of hydrogen-bond donors (Lipinski definition) is 0. The summed E-state index contributed by atoms with van der Waals surface area (Å²) in [6.07, 6.45) is 0.756. The number of carbonyl (C=O) groups is 1. The van der Waals surface area contributed by atoms with E-state index >= 15 is 0 Å². The molecule has 0 saturated carbocycles. The number of rotatable bonds is 1. The summed E-state index contributed by atoms with van der Waals surface area (Å²) in [6.45, 7) is 3.46. The summed E-state index contributed by atoms with van der Waals surface area (Å²) in [6, 6.07) is 9.21. The van der Waals surface area contributed by atoms with E-state index in [0.717, 1.165) is 32.6 Å². The Morgan fingerprint density at radius 1 is 1.12 bits per heavy atom. The van der Waals surface area contributed by atoms with Crippen molar-refractivity contribution in [3.63, 3.8) is 0 Å². The number of para-hydroxylation sites is 1. The van der Waals surface area contributed by atoms with Crippen molar-refractivity contribution in [1.82, 2.24) is 9.80 Å². The Kier molecular flexibility index (Phi) is 3.98. The van der Waals surface area contributed by atoms with E-state index in [1.807, 2.05) is 18.2 Å². The third-order valence-electron chi connectivity index (χ3n) is 2.93. The van der Waals surface area contributed by atoms with Gasteiger partial charge < -0.3 is 14.5 Å². The number of benzene rings is 1. The van der Waals surface area contributed by atoms with E-state index in [1.165, 1.54) is 0 Å². The van der Waals surface area contributed by atoms with E-state index in [-0.39, 0.29) is 6.09 Å². The first-order valence-corrected chi connectivity index (χ1v) is 5.96. The first-order chi connectivity index (χ1) is 8.25. The molecule has 0 aromatic heterocycles. The number of carbonyl (C=O) groups excluding carboxylic acids is 1. The molecule has 0 atom stereocenters. The van der Waals surface area contributed by atoms with Gasteiger partial charge in [0.05, 0.1) is 0 Å². The number of amides is 1. The Morgan fingerprint density at radius 3 is 2.65 bits per heavy atom. The SMILES string of the molecule is CN1CCCN(C(=O)Oc2ccccc2)CC1. The van der Waals surface area contributed by atoms with Crippen LogP contribution in [0.1, 0.15) is 6.42 Å². The minimum absolute atomic E-state index is 0.244. The maximum absolute atomic E-state index is 11.9. The molecule has 0 spiro atoms. The molecular formula is C13H18N2O2. The Hall–Kier alpha value is -1.55. The Labute approximate surface area is 102 Å². The second-order valence-corrected chi connectivity index (χ2v) is 4.32. The number of likely N-dealkylation sites (N-methyl/N-ethyl adjacent to an activating group) is 1. The van der Waals surface area contributed by atoms with Crippen LogP contribution in [0.15, 0.2) is 30.3 Å². The molecule has 0 radical (unpaired) electrons. The highest BCUT2D eigenvalue weighted by molar-refractivity contribution is 5.70. The van der Waals surface area contributed by atoms with Crippen molar-refractivity contribution in [1.29, 1.82) is 0 Å². The molecule has 4 nitrogen and oxygen atoms in total. The third-order valence-corrected chi connectivity index (χ3v) is 2.93. The van der Waals surface area contributed by atoms with E-state index in [0.29, 0.717) is 5.75 Å². The Bertz CT molecular complexity index is 367. The molecule has 17 heavy (non-hydrogen) atoms. The van der Waals surface area contributed by atoms with Gasteiger partial charge in [-0.05, 0) is 32.1 Å². The normalized spacial score (nSPS) is 17.6. The standard InChI is InChI=1S/C13H18N2O2/c1-14-8-5-9-15(11-10-14)13(16)17-12-6-3-2-4-7-12/h2-4,6-7H,5,8-11H2,1H3. The fourth-order valence-corrected chi connectivity index (χ4v) is 1.88. The minimum atomic E-state index is -0.244. The maximum Gasteiger partial charge on any atom is 0.415 e. The second-order valence-electron chi connectivity index (χ2n) is 4.32. The van der Waals surface area contributed by atoms with Gasteiger partial charge in [0.2, 0.25) is 0 Å². The average molecular weight is 234 g/mol. The third kappa shape index (κ3) is 3.46. The molecule has 4 heteroatoms. The fourth-order valence-electron chi connectivity index (χ4n) is 1.88. The fraction of sp³-hybridized carbons (Fsp3) is 0.462.